The number of thioether (sulfide) groups is 1. The Kier molecular flexibility index (Phi) is 10.1. The molecule has 0 bridgehead atoms. The molecule has 10 heteroatoms. The van der Waals surface area contributed by atoms with E-state index in [9.17, 15) is 24.5 Å². The van der Waals surface area contributed by atoms with Gasteiger partial charge in [0.05, 0.1) is 10.2 Å². The number of carbonyl (C=O) groups is 3. The van der Waals surface area contributed by atoms with Gasteiger partial charge in [0.1, 0.15) is 5.70 Å². The number of nitro groups is 1. The van der Waals surface area contributed by atoms with Gasteiger partial charge in [0.2, 0.25) is 5.91 Å². The van der Waals surface area contributed by atoms with E-state index in [2.05, 4.69) is 16.0 Å². The quantitative estimate of drug-likeness (QED) is 0.0807. The van der Waals surface area contributed by atoms with Crippen molar-refractivity contribution in [2.24, 2.45) is 0 Å². The highest BCUT2D eigenvalue weighted by molar-refractivity contribution is 8.00. The van der Waals surface area contributed by atoms with Gasteiger partial charge in [-0.15, -0.1) is 11.8 Å². The number of hydrogen-bond donors (Lipinski definition) is 3. The minimum atomic E-state index is -0.592. The molecular formula is C33H30N4O5S. The first kappa shape index (κ1) is 30.7. The average molecular weight is 595 g/mol. The molecule has 218 valence electrons. The lowest BCUT2D eigenvalue weighted by atomic mass is 10.1. The summed E-state index contributed by atoms with van der Waals surface area (Å²) in [6, 6.07) is 26.8. The fourth-order valence-electron chi connectivity index (χ4n) is 4.03. The van der Waals surface area contributed by atoms with Crippen LogP contribution in [0.3, 0.4) is 0 Å². The molecule has 4 rings (SSSR count). The van der Waals surface area contributed by atoms with Crippen molar-refractivity contribution in [2.75, 3.05) is 10.6 Å². The second kappa shape index (κ2) is 14.1. The van der Waals surface area contributed by atoms with Crippen LogP contribution in [0, 0.1) is 24.0 Å². The Morgan fingerprint density at radius 3 is 2.26 bits per heavy atom. The van der Waals surface area contributed by atoms with Crippen LogP contribution in [0.25, 0.3) is 6.08 Å². The molecule has 3 amide bonds. The van der Waals surface area contributed by atoms with Gasteiger partial charge >= 0.3 is 0 Å². The molecule has 43 heavy (non-hydrogen) atoms. The molecule has 3 N–H and O–H groups in total. The second-order valence-corrected chi connectivity index (χ2v) is 11.1. The van der Waals surface area contributed by atoms with E-state index in [1.54, 1.807) is 55.5 Å². The topological polar surface area (TPSA) is 130 Å². The van der Waals surface area contributed by atoms with Crippen LogP contribution in [-0.4, -0.2) is 27.9 Å². The summed E-state index contributed by atoms with van der Waals surface area (Å²) in [5.41, 5.74) is 4.01. The number of carbonyl (C=O) groups excluding carboxylic acids is 3. The lowest BCUT2D eigenvalue weighted by molar-refractivity contribution is -0.384. The van der Waals surface area contributed by atoms with Gasteiger partial charge in [-0.1, -0.05) is 36.4 Å². The molecule has 0 spiro atoms. The van der Waals surface area contributed by atoms with Crippen LogP contribution < -0.4 is 16.0 Å². The van der Waals surface area contributed by atoms with E-state index in [1.165, 1.54) is 42.1 Å². The third-order valence-corrected chi connectivity index (χ3v) is 7.67. The Bertz CT molecular complexity index is 1690. The Morgan fingerprint density at radius 1 is 0.860 bits per heavy atom. The Morgan fingerprint density at radius 2 is 1.56 bits per heavy atom. The SMILES string of the molecule is Cc1cccc(NC(=O)C(C)Sc2cccc(NC(=O)/C(=C\c3ccc([N+](=O)[O-])cc3)NC(=O)c3ccccc3)c2)c1C. The van der Waals surface area contributed by atoms with Crippen molar-refractivity contribution < 1.29 is 19.3 Å². The third kappa shape index (κ3) is 8.40. The molecule has 0 saturated carbocycles. The standard InChI is InChI=1S/C33H30N4O5S/c1-21-9-7-14-29(22(21)2)35-31(38)23(3)43-28-13-8-12-26(20-28)34-33(40)30(36-32(39)25-10-5-4-6-11-25)19-24-15-17-27(18-16-24)37(41)42/h4-20,23H,1-3H3,(H,34,40)(H,35,38)(H,36,39)/b30-19+. The van der Waals surface area contributed by atoms with Gasteiger partial charge in [0, 0.05) is 34.0 Å². The highest BCUT2D eigenvalue weighted by Gasteiger charge is 2.18. The zero-order chi connectivity index (χ0) is 30.9. The molecule has 9 nitrogen and oxygen atoms in total. The summed E-state index contributed by atoms with van der Waals surface area (Å²) in [4.78, 5) is 50.5. The van der Waals surface area contributed by atoms with Crippen LogP contribution in [0.15, 0.2) is 108 Å². The van der Waals surface area contributed by atoms with E-state index in [4.69, 9.17) is 0 Å². The number of rotatable bonds is 10. The van der Waals surface area contributed by atoms with Crippen molar-refractivity contribution in [1.29, 1.82) is 0 Å². The van der Waals surface area contributed by atoms with Crippen molar-refractivity contribution >= 4 is 52.6 Å². The number of nitro benzene ring substituents is 1. The van der Waals surface area contributed by atoms with E-state index in [0.717, 1.165) is 21.7 Å². The third-order valence-electron chi connectivity index (χ3n) is 6.58. The Labute approximate surface area is 253 Å². The van der Waals surface area contributed by atoms with E-state index >= 15 is 0 Å². The van der Waals surface area contributed by atoms with Crippen LogP contribution >= 0.6 is 11.8 Å². The van der Waals surface area contributed by atoms with E-state index in [-0.39, 0.29) is 17.3 Å². The molecule has 0 aliphatic carbocycles. The molecule has 1 unspecified atom stereocenters. The summed E-state index contributed by atoms with van der Waals surface area (Å²) >= 11 is 1.34. The molecule has 4 aromatic rings. The fourth-order valence-corrected chi connectivity index (χ4v) is 4.95. The summed E-state index contributed by atoms with van der Waals surface area (Å²) in [7, 11) is 0. The average Bonchev–Trinajstić information content (AvgIpc) is 3.00. The highest BCUT2D eigenvalue weighted by atomic mass is 32.2. The van der Waals surface area contributed by atoms with Gasteiger partial charge in [-0.05, 0) is 92.1 Å². The number of non-ortho nitro benzene ring substituents is 1. The van der Waals surface area contributed by atoms with Crippen LogP contribution in [0.2, 0.25) is 0 Å². The molecule has 0 aromatic heterocycles. The number of aryl methyl sites for hydroxylation is 1. The maximum absolute atomic E-state index is 13.4. The molecule has 0 aliphatic heterocycles. The summed E-state index contributed by atoms with van der Waals surface area (Å²) < 4.78 is 0. The zero-order valence-corrected chi connectivity index (χ0v) is 24.6. The molecule has 0 radical (unpaired) electrons. The zero-order valence-electron chi connectivity index (χ0n) is 23.8. The van der Waals surface area contributed by atoms with Crippen molar-refractivity contribution in [3.05, 3.63) is 135 Å². The Balaban J connectivity index is 1.50. The second-order valence-electron chi connectivity index (χ2n) is 9.71. The maximum atomic E-state index is 13.4. The lowest BCUT2D eigenvalue weighted by Gasteiger charge is -2.15. The number of nitrogens with zero attached hydrogens (tertiary/aromatic N) is 1. The molecule has 1 atom stereocenters. The van der Waals surface area contributed by atoms with Gasteiger partial charge in [-0.3, -0.25) is 24.5 Å². The smallest absolute Gasteiger partial charge is 0.272 e. The monoisotopic (exact) mass is 594 g/mol. The van der Waals surface area contributed by atoms with Gasteiger partial charge in [-0.2, -0.15) is 0 Å². The molecular weight excluding hydrogens is 564 g/mol. The first-order valence-electron chi connectivity index (χ1n) is 13.4. The van der Waals surface area contributed by atoms with Gasteiger partial charge in [-0.25, -0.2) is 0 Å². The van der Waals surface area contributed by atoms with Crippen LogP contribution in [0.4, 0.5) is 17.1 Å². The van der Waals surface area contributed by atoms with E-state index in [1.807, 2.05) is 38.1 Å². The van der Waals surface area contributed by atoms with Gasteiger partial charge in [0.15, 0.2) is 0 Å². The predicted octanol–water partition coefficient (Wildman–Crippen LogP) is 6.74. The van der Waals surface area contributed by atoms with E-state index < -0.39 is 22.0 Å². The van der Waals surface area contributed by atoms with Crippen molar-refractivity contribution in [2.45, 2.75) is 30.9 Å². The largest absolute Gasteiger partial charge is 0.325 e. The lowest BCUT2D eigenvalue weighted by Crippen LogP contribution is -2.30. The molecule has 0 fully saturated rings. The summed E-state index contributed by atoms with van der Waals surface area (Å²) in [6.45, 7) is 5.75. The number of amides is 3. The van der Waals surface area contributed by atoms with Crippen LogP contribution in [0.1, 0.15) is 34.0 Å². The van der Waals surface area contributed by atoms with Crippen molar-refractivity contribution in [1.82, 2.24) is 5.32 Å². The van der Waals surface area contributed by atoms with Crippen molar-refractivity contribution in [3.63, 3.8) is 0 Å². The Hall–Kier alpha value is -5.22. The number of benzene rings is 4. The highest BCUT2D eigenvalue weighted by Crippen LogP contribution is 2.28. The first-order valence-corrected chi connectivity index (χ1v) is 14.3. The number of hydrogen-bond acceptors (Lipinski definition) is 6. The van der Waals surface area contributed by atoms with Crippen LogP contribution in [0.5, 0.6) is 0 Å². The predicted molar refractivity (Wildman–Crippen MR) is 170 cm³/mol. The summed E-state index contributed by atoms with van der Waals surface area (Å²) in [5, 5.41) is 19.0. The number of nitrogens with one attached hydrogen (secondary N) is 3. The van der Waals surface area contributed by atoms with Crippen LogP contribution in [-0.2, 0) is 9.59 Å². The first-order chi connectivity index (χ1) is 20.6. The van der Waals surface area contributed by atoms with Gasteiger partial charge < -0.3 is 16.0 Å². The van der Waals surface area contributed by atoms with Gasteiger partial charge in [0.25, 0.3) is 17.5 Å². The normalized spacial score (nSPS) is 11.7. The molecule has 0 heterocycles. The molecule has 4 aromatic carbocycles. The summed E-state index contributed by atoms with van der Waals surface area (Å²) in [6.07, 6.45) is 1.44. The fraction of sp³-hybridized carbons (Fsp3) is 0.121. The molecule has 0 saturated heterocycles. The summed E-state index contributed by atoms with van der Waals surface area (Å²) in [5.74, 6) is -1.23. The van der Waals surface area contributed by atoms with Crippen molar-refractivity contribution in [3.8, 4) is 0 Å². The van der Waals surface area contributed by atoms with E-state index in [0.29, 0.717) is 16.8 Å². The molecule has 0 aliphatic rings. The number of anilines is 2. The maximum Gasteiger partial charge on any atom is 0.272 e. The minimum Gasteiger partial charge on any atom is -0.325 e. The minimum absolute atomic E-state index is 0.0537.